The minimum atomic E-state index is -0.644. The van der Waals surface area contributed by atoms with E-state index in [-0.39, 0.29) is 11.7 Å². The van der Waals surface area contributed by atoms with Gasteiger partial charge in [0, 0.05) is 5.69 Å². The van der Waals surface area contributed by atoms with Crippen molar-refractivity contribution in [2.24, 2.45) is 11.1 Å². The molecule has 2 atom stereocenters. The Labute approximate surface area is 123 Å². The van der Waals surface area contributed by atoms with E-state index in [9.17, 15) is 14.0 Å². The number of amides is 2. The molecule has 21 heavy (non-hydrogen) atoms. The number of nitrogens with zero attached hydrogens (tertiary/aromatic N) is 1. The monoisotopic (exact) mass is 289 g/mol. The Bertz CT molecular complexity index is 564. The summed E-state index contributed by atoms with van der Waals surface area (Å²) in [6.07, 6.45) is 6.00. The molecule has 2 N–H and O–H groups in total. The topological polar surface area (TPSA) is 63.4 Å². The van der Waals surface area contributed by atoms with Crippen LogP contribution in [0.25, 0.3) is 0 Å². The first-order chi connectivity index (χ1) is 10.0. The van der Waals surface area contributed by atoms with Gasteiger partial charge in [-0.1, -0.05) is 12.8 Å². The number of hydrogen-bond acceptors (Lipinski definition) is 2. The standard InChI is InChI=1S/C16H18FN2O2/c17-11-4-6-12(7-5-11)19-13(14(18)20)10-16(15(19)21)8-2-1-3-9-16/h2,4-7,13H,1,3,8-10H2,(H2,18,20). The number of halogens is 1. The van der Waals surface area contributed by atoms with Crippen molar-refractivity contribution in [1.29, 1.82) is 0 Å². The zero-order valence-electron chi connectivity index (χ0n) is 11.7. The molecule has 3 rings (SSSR count). The summed E-state index contributed by atoms with van der Waals surface area (Å²) in [5.41, 5.74) is 5.52. The maximum Gasteiger partial charge on any atom is 0.240 e. The molecule has 111 valence electrons. The summed E-state index contributed by atoms with van der Waals surface area (Å²) in [5.74, 6) is -0.939. The average molecular weight is 289 g/mol. The third-order valence-corrected chi connectivity index (χ3v) is 4.60. The highest BCUT2D eigenvalue weighted by Gasteiger charge is 2.53. The minimum Gasteiger partial charge on any atom is -0.368 e. The molecule has 5 heteroatoms. The Morgan fingerprint density at radius 1 is 1.33 bits per heavy atom. The molecule has 1 aliphatic carbocycles. The van der Waals surface area contributed by atoms with Crippen molar-refractivity contribution in [1.82, 2.24) is 0 Å². The van der Waals surface area contributed by atoms with Crippen LogP contribution in [0.3, 0.4) is 0 Å². The van der Waals surface area contributed by atoms with E-state index in [1.54, 1.807) is 0 Å². The van der Waals surface area contributed by atoms with E-state index in [0.717, 1.165) is 19.3 Å². The van der Waals surface area contributed by atoms with Crippen molar-refractivity contribution in [3.05, 3.63) is 36.5 Å². The van der Waals surface area contributed by atoms with E-state index in [1.165, 1.54) is 29.2 Å². The molecular formula is C16H18FN2O2. The molecule has 2 amide bonds. The lowest BCUT2D eigenvalue weighted by Crippen LogP contribution is -2.43. The van der Waals surface area contributed by atoms with E-state index in [2.05, 4.69) is 6.42 Å². The second-order valence-electron chi connectivity index (χ2n) is 5.94. The number of rotatable bonds is 2. The summed E-state index contributed by atoms with van der Waals surface area (Å²) in [6, 6.07) is 4.98. The summed E-state index contributed by atoms with van der Waals surface area (Å²) in [5, 5.41) is 0. The largest absolute Gasteiger partial charge is 0.368 e. The first-order valence-electron chi connectivity index (χ1n) is 7.24. The molecule has 1 saturated carbocycles. The Hall–Kier alpha value is -1.91. The molecule has 1 radical (unpaired) electrons. The van der Waals surface area contributed by atoms with Crippen LogP contribution in [0.15, 0.2) is 24.3 Å². The SMILES string of the molecule is NC(=O)C1CC2(C[CH]CCC2)C(=O)N1c1ccc(F)cc1. The van der Waals surface area contributed by atoms with Gasteiger partial charge in [0.2, 0.25) is 11.8 Å². The Morgan fingerprint density at radius 2 is 2.05 bits per heavy atom. The molecule has 1 spiro atoms. The lowest BCUT2D eigenvalue weighted by Gasteiger charge is -2.31. The zero-order chi connectivity index (χ0) is 15.0. The molecule has 2 fully saturated rings. The first-order valence-corrected chi connectivity index (χ1v) is 7.24. The van der Waals surface area contributed by atoms with Crippen LogP contribution in [-0.2, 0) is 9.59 Å². The highest BCUT2D eigenvalue weighted by Crippen LogP contribution is 2.48. The fraction of sp³-hybridized carbons (Fsp3) is 0.438. The van der Waals surface area contributed by atoms with Gasteiger partial charge in [-0.25, -0.2) is 4.39 Å². The maximum absolute atomic E-state index is 13.1. The van der Waals surface area contributed by atoms with Crippen molar-refractivity contribution in [2.75, 3.05) is 4.90 Å². The number of carbonyl (C=O) groups is 2. The van der Waals surface area contributed by atoms with Gasteiger partial charge >= 0.3 is 0 Å². The van der Waals surface area contributed by atoms with Gasteiger partial charge < -0.3 is 5.73 Å². The molecule has 2 aliphatic rings. The van der Waals surface area contributed by atoms with Crippen LogP contribution in [0, 0.1) is 17.7 Å². The van der Waals surface area contributed by atoms with Crippen LogP contribution in [0.4, 0.5) is 10.1 Å². The molecule has 1 aromatic carbocycles. The van der Waals surface area contributed by atoms with Crippen LogP contribution >= 0.6 is 0 Å². The van der Waals surface area contributed by atoms with Crippen LogP contribution in [-0.4, -0.2) is 17.9 Å². The smallest absolute Gasteiger partial charge is 0.240 e. The lowest BCUT2D eigenvalue weighted by atomic mass is 9.72. The van der Waals surface area contributed by atoms with Crippen LogP contribution in [0.5, 0.6) is 0 Å². The number of nitrogens with two attached hydrogens (primary N) is 1. The number of primary amides is 1. The Morgan fingerprint density at radius 3 is 2.62 bits per heavy atom. The average Bonchev–Trinajstić information content (AvgIpc) is 2.75. The molecule has 0 bridgehead atoms. The Kier molecular flexibility index (Phi) is 3.43. The normalized spacial score (nSPS) is 24.5. The molecule has 4 nitrogen and oxygen atoms in total. The van der Waals surface area contributed by atoms with Crippen molar-refractivity contribution in [3.63, 3.8) is 0 Å². The predicted molar refractivity (Wildman–Crippen MR) is 76.7 cm³/mol. The molecule has 1 heterocycles. The van der Waals surface area contributed by atoms with Gasteiger partial charge in [0.25, 0.3) is 0 Å². The second-order valence-corrected chi connectivity index (χ2v) is 5.94. The van der Waals surface area contributed by atoms with Crippen molar-refractivity contribution in [3.8, 4) is 0 Å². The van der Waals surface area contributed by atoms with Gasteiger partial charge in [0.05, 0.1) is 5.41 Å². The summed E-state index contributed by atoms with van der Waals surface area (Å²) < 4.78 is 13.1. The molecule has 1 aliphatic heterocycles. The molecule has 1 saturated heterocycles. The van der Waals surface area contributed by atoms with Gasteiger partial charge in [-0.05, 0) is 49.9 Å². The van der Waals surface area contributed by atoms with E-state index >= 15 is 0 Å². The molecule has 1 aromatic rings. The lowest BCUT2D eigenvalue weighted by molar-refractivity contribution is -0.126. The number of hydrogen-bond donors (Lipinski definition) is 1. The second kappa shape index (κ2) is 5.13. The van der Waals surface area contributed by atoms with Gasteiger partial charge in [-0.15, -0.1) is 0 Å². The number of anilines is 1. The molecule has 0 aromatic heterocycles. The highest BCUT2D eigenvalue weighted by molar-refractivity contribution is 6.06. The number of benzene rings is 1. The fourth-order valence-electron chi connectivity index (χ4n) is 3.52. The van der Waals surface area contributed by atoms with E-state index < -0.39 is 17.4 Å². The quantitative estimate of drug-likeness (QED) is 0.907. The highest BCUT2D eigenvalue weighted by atomic mass is 19.1. The Balaban J connectivity index is 1.98. The van der Waals surface area contributed by atoms with Gasteiger partial charge in [-0.2, -0.15) is 0 Å². The third-order valence-electron chi connectivity index (χ3n) is 4.60. The van der Waals surface area contributed by atoms with Crippen LogP contribution in [0.1, 0.15) is 32.1 Å². The minimum absolute atomic E-state index is 0.0612. The summed E-state index contributed by atoms with van der Waals surface area (Å²) >= 11 is 0. The summed E-state index contributed by atoms with van der Waals surface area (Å²) in [7, 11) is 0. The van der Waals surface area contributed by atoms with Crippen molar-refractivity contribution in [2.45, 2.75) is 38.1 Å². The van der Waals surface area contributed by atoms with E-state index in [0.29, 0.717) is 18.5 Å². The first kappa shape index (κ1) is 14.0. The zero-order valence-corrected chi connectivity index (χ0v) is 11.7. The fourth-order valence-corrected chi connectivity index (χ4v) is 3.52. The van der Waals surface area contributed by atoms with Gasteiger partial charge in [0.15, 0.2) is 0 Å². The molecular weight excluding hydrogens is 271 g/mol. The van der Waals surface area contributed by atoms with E-state index in [1.807, 2.05) is 0 Å². The number of carbonyl (C=O) groups excluding carboxylic acids is 2. The van der Waals surface area contributed by atoms with Crippen molar-refractivity contribution < 1.29 is 14.0 Å². The van der Waals surface area contributed by atoms with Gasteiger partial charge in [0.1, 0.15) is 11.9 Å². The van der Waals surface area contributed by atoms with E-state index in [4.69, 9.17) is 5.73 Å². The summed E-state index contributed by atoms with van der Waals surface area (Å²) in [4.78, 5) is 26.1. The van der Waals surface area contributed by atoms with Crippen LogP contribution in [0.2, 0.25) is 0 Å². The molecule has 2 unspecified atom stereocenters. The van der Waals surface area contributed by atoms with Crippen molar-refractivity contribution >= 4 is 17.5 Å². The summed E-state index contributed by atoms with van der Waals surface area (Å²) in [6.45, 7) is 0. The predicted octanol–water partition coefficient (Wildman–Crippen LogP) is 2.18. The maximum atomic E-state index is 13.1. The third kappa shape index (κ3) is 2.30. The van der Waals surface area contributed by atoms with Crippen LogP contribution < -0.4 is 10.6 Å². The van der Waals surface area contributed by atoms with Gasteiger partial charge in [-0.3, -0.25) is 14.5 Å².